The van der Waals surface area contributed by atoms with E-state index in [1.807, 2.05) is 31.2 Å². The van der Waals surface area contributed by atoms with E-state index in [1.54, 1.807) is 6.20 Å². The van der Waals surface area contributed by atoms with Gasteiger partial charge >= 0.3 is 0 Å². The lowest BCUT2D eigenvalue weighted by molar-refractivity contribution is -0.107. The summed E-state index contributed by atoms with van der Waals surface area (Å²) >= 11 is 0. The zero-order chi connectivity index (χ0) is 8.81. The molecule has 1 aromatic rings. The topological polar surface area (TPSA) is 30.0 Å². The van der Waals surface area contributed by atoms with Crippen molar-refractivity contribution in [2.24, 2.45) is 0 Å². The number of hydrogen-bond donors (Lipinski definition) is 0. The van der Waals surface area contributed by atoms with E-state index < -0.39 is 0 Å². The quantitative estimate of drug-likeness (QED) is 0.634. The first-order chi connectivity index (χ1) is 5.83. The van der Waals surface area contributed by atoms with Crippen LogP contribution in [0.3, 0.4) is 0 Å². The van der Waals surface area contributed by atoms with Gasteiger partial charge in [-0.3, -0.25) is 4.98 Å². The molecule has 0 atom stereocenters. The summed E-state index contributed by atoms with van der Waals surface area (Å²) < 4.78 is 0. The molecule has 0 aliphatic heterocycles. The summed E-state index contributed by atoms with van der Waals surface area (Å²) in [6.45, 7) is 1.94. The van der Waals surface area contributed by atoms with Crippen molar-refractivity contribution in [2.75, 3.05) is 0 Å². The molecule has 1 aromatic heterocycles. The summed E-state index contributed by atoms with van der Waals surface area (Å²) in [5.74, 6) is 0. The monoisotopic (exact) mass is 161 g/mol. The highest BCUT2D eigenvalue weighted by molar-refractivity contribution is 5.57. The fourth-order valence-electron chi connectivity index (χ4n) is 0.931. The van der Waals surface area contributed by atoms with E-state index in [0.717, 1.165) is 17.5 Å². The molecule has 0 saturated heterocycles. The molecule has 0 amide bonds. The van der Waals surface area contributed by atoms with Gasteiger partial charge in [0, 0.05) is 18.3 Å². The number of aldehydes is 1. The SMILES string of the molecule is Cc1cc(C=CCC=O)ccn1. The van der Waals surface area contributed by atoms with E-state index in [4.69, 9.17) is 0 Å². The summed E-state index contributed by atoms with van der Waals surface area (Å²) in [4.78, 5) is 14.1. The average Bonchev–Trinajstić information content (AvgIpc) is 2.05. The Balaban J connectivity index is 2.69. The Morgan fingerprint density at radius 2 is 2.42 bits per heavy atom. The van der Waals surface area contributed by atoms with Crippen LogP contribution in [0.25, 0.3) is 6.08 Å². The Morgan fingerprint density at radius 1 is 1.58 bits per heavy atom. The molecular weight excluding hydrogens is 150 g/mol. The van der Waals surface area contributed by atoms with Gasteiger partial charge in [-0.15, -0.1) is 0 Å². The van der Waals surface area contributed by atoms with Crippen LogP contribution in [-0.4, -0.2) is 11.3 Å². The summed E-state index contributed by atoms with van der Waals surface area (Å²) in [6.07, 6.45) is 6.87. The molecule has 0 aliphatic carbocycles. The maximum atomic E-state index is 10.00. The molecule has 0 spiro atoms. The van der Waals surface area contributed by atoms with Gasteiger partial charge in [0.1, 0.15) is 6.29 Å². The first-order valence-electron chi connectivity index (χ1n) is 3.86. The number of rotatable bonds is 3. The highest BCUT2D eigenvalue weighted by atomic mass is 16.1. The van der Waals surface area contributed by atoms with E-state index in [0.29, 0.717) is 6.42 Å². The van der Waals surface area contributed by atoms with Gasteiger partial charge in [0.05, 0.1) is 0 Å². The van der Waals surface area contributed by atoms with Crippen LogP contribution in [0.1, 0.15) is 17.7 Å². The molecule has 1 rings (SSSR count). The fourth-order valence-corrected chi connectivity index (χ4v) is 0.931. The molecule has 0 fully saturated rings. The molecular formula is C10H11NO. The van der Waals surface area contributed by atoms with Crippen LogP contribution in [0.2, 0.25) is 0 Å². The normalized spacial score (nSPS) is 10.4. The van der Waals surface area contributed by atoms with Crippen LogP contribution in [0, 0.1) is 6.92 Å². The number of hydrogen-bond acceptors (Lipinski definition) is 2. The number of aromatic nitrogens is 1. The lowest BCUT2D eigenvalue weighted by Crippen LogP contribution is -1.80. The van der Waals surface area contributed by atoms with Gasteiger partial charge in [-0.25, -0.2) is 0 Å². The third-order valence-electron chi connectivity index (χ3n) is 1.46. The number of allylic oxidation sites excluding steroid dienone is 1. The summed E-state index contributed by atoms with van der Waals surface area (Å²) in [5.41, 5.74) is 2.08. The molecule has 0 unspecified atom stereocenters. The van der Waals surface area contributed by atoms with E-state index in [9.17, 15) is 4.79 Å². The number of carbonyl (C=O) groups excluding carboxylic acids is 1. The first kappa shape index (κ1) is 8.65. The van der Waals surface area contributed by atoms with E-state index in [-0.39, 0.29) is 0 Å². The molecule has 0 aromatic carbocycles. The Bertz CT molecular complexity index is 292. The Morgan fingerprint density at radius 3 is 3.08 bits per heavy atom. The van der Waals surface area contributed by atoms with E-state index in [1.165, 1.54) is 0 Å². The van der Waals surface area contributed by atoms with Gasteiger partial charge in [-0.05, 0) is 24.6 Å². The molecule has 0 radical (unpaired) electrons. The smallest absolute Gasteiger partial charge is 0.123 e. The fraction of sp³-hybridized carbons (Fsp3) is 0.200. The van der Waals surface area contributed by atoms with E-state index >= 15 is 0 Å². The predicted octanol–water partition coefficient (Wildman–Crippen LogP) is 1.99. The largest absolute Gasteiger partial charge is 0.303 e. The average molecular weight is 161 g/mol. The molecule has 0 saturated carbocycles. The highest BCUT2D eigenvalue weighted by Gasteiger charge is 1.86. The van der Waals surface area contributed by atoms with E-state index in [2.05, 4.69) is 4.98 Å². The Labute approximate surface area is 71.9 Å². The Kier molecular flexibility index (Phi) is 3.20. The number of nitrogens with zero attached hydrogens (tertiary/aromatic N) is 1. The maximum absolute atomic E-state index is 10.00. The van der Waals surface area contributed by atoms with Gasteiger partial charge in [-0.1, -0.05) is 12.2 Å². The third kappa shape index (κ3) is 2.66. The molecule has 2 heteroatoms. The van der Waals surface area contributed by atoms with Crippen molar-refractivity contribution in [1.29, 1.82) is 0 Å². The van der Waals surface area contributed by atoms with Crippen LogP contribution in [0.4, 0.5) is 0 Å². The summed E-state index contributed by atoms with van der Waals surface area (Å²) in [5, 5.41) is 0. The van der Waals surface area contributed by atoms with Gasteiger partial charge < -0.3 is 4.79 Å². The van der Waals surface area contributed by atoms with Crippen LogP contribution < -0.4 is 0 Å². The minimum atomic E-state index is 0.474. The standard InChI is InChI=1S/C10H11NO/c1-9-8-10(5-6-11-9)4-2-3-7-12/h2,4-8H,3H2,1H3. The van der Waals surface area contributed by atoms with Crippen molar-refractivity contribution in [3.05, 3.63) is 35.7 Å². The zero-order valence-corrected chi connectivity index (χ0v) is 7.03. The molecule has 12 heavy (non-hydrogen) atoms. The van der Waals surface area contributed by atoms with Crippen molar-refractivity contribution in [1.82, 2.24) is 4.98 Å². The Hall–Kier alpha value is -1.44. The second kappa shape index (κ2) is 4.44. The third-order valence-corrected chi connectivity index (χ3v) is 1.46. The molecule has 62 valence electrons. The lowest BCUT2D eigenvalue weighted by Gasteiger charge is -1.93. The van der Waals surface area contributed by atoms with Crippen LogP contribution >= 0.6 is 0 Å². The minimum absolute atomic E-state index is 0.474. The predicted molar refractivity (Wildman–Crippen MR) is 48.7 cm³/mol. The van der Waals surface area contributed by atoms with Crippen molar-refractivity contribution in [3.8, 4) is 0 Å². The molecule has 2 nitrogen and oxygen atoms in total. The number of carbonyl (C=O) groups is 1. The lowest BCUT2D eigenvalue weighted by atomic mass is 10.2. The molecule has 1 heterocycles. The van der Waals surface area contributed by atoms with Gasteiger partial charge in [0.25, 0.3) is 0 Å². The first-order valence-corrected chi connectivity index (χ1v) is 3.86. The van der Waals surface area contributed by atoms with Crippen molar-refractivity contribution in [3.63, 3.8) is 0 Å². The van der Waals surface area contributed by atoms with Crippen LogP contribution in [-0.2, 0) is 4.79 Å². The van der Waals surface area contributed by atoms with Crippen molar-refractivity contribution in [2.45, 2.75) is 13.3 Å². The highest BCUT2D eigenvalue weighted by Crippen LogP contribution is 2.02. The molecule has 0 aliphatic rings. The van der Waals surface area contributed by atoms with Crippen molar-refractivity contribution >= 4 is 12.4 Å². The summed E-state index contributed by atoms with van der Waals surface area (Å²) in [6, 6.07) is 3.88. The van der Waals surface area contributed by atoms with Gasteiger partial charge in [0.15, 0.2) is 0 Å². The minimum Gasteiger partial charge on any atom is -0.303 e. The molecule has 0 bridgehead atoms. The van der Waals surface area contributed by atoms with Gasteiger partial charge in [0.2, 0.25) is 0 Å². The molecule has 0 N–H and O–H groups in total. The van der Waals surface area contributed by atoms with Gasteiger partial charge in [-0.2, -0.15) is 0 Å². The van der Waals surface area contributed by atoms with Crippen molar-refractivity contribution < 1.29 is 4.79 Å². The second-order valence-electron chi connectivity index (χ2n) is 2.54. The van der Waals surface area contributed by atoms with Crippen LogP contribution in [0.5, 0.6) is 0 Å². The number of aryl methyl sites for hydroxylation is 1. The van der Waals surface area contributed by atoms with Crippen LogP contribution in [0.15, 0.2) is 24.4 Å². The maximum Gasteiger partial charge on any atom is 0.123 e. The second-order valence-corrected chi connectivity index (χ2v) is 2.54. The number of pyridine rings is 1. The zero-order valence-electron chi connectivity index (χ0n) is 7.03. The summed E-state index contributed by atoms with van der Waals surface area (Å²) in [7, 11) is 0.